The van der Waals surface area contributed by atoms with Gasteiger partial charge in [0, 0.05) is 19.5 Å². The van der Waals surface area contributed by atoms with Crippen molar-refractivity contribution in [2.24, 2.45) is 5.92 Å². The van der Waals surface area contributed by atoms with Crippen LogP contribution in [0.3, 0.4) is 0 Å². The minimum Gasteiger partial charge on any atom is -0.305 e. The van der Waals surface area contributed by atoms with Gasteiger partial charge in [-0.1, -0.05) is 74.5 Å². The lowest BCUT2D eigenvalue weighted by Gasteiger charge is -2.08. The van der Waals surface area contributed by atoms with Crippen molar-refractivity contribution in [2.75, 3.05) is 28.2 Å². The molecule has 150 valence electrons. The van der Waals surface area contributed by atoms with Crippen molar-refractivity contribution in [3.05, 3.63) is 71.8 Å². The molecule has 0 amide bonds. The first-order valence-corrected chi connectivity index (χ1v) is 9.57. The maximum atomic E-state index is 10.3. The normalized spacial score (nSPS) is 10.1. The quantitative estimate of drug-likeness (QED) is 0.705. The van der Waals surface area contributed by atoms with Crippen molar-refractivity contribution in [3.63, 3.8) is 0 Å². The molecule has 0 aliphatic heterocycles. The van der Waals surface area contributed by atoms with E-state index in [2.05, 4.69) is 86.5 Å². The summed E-state index contributed by atoms with van der Waals surface area (Å²) in [5.74, 6) is 0.813. The molecule has 3 heteroatoms. The van der Waals surface area contributed by atoms with Gasteiger partial charge in [-0.25, -0.2) is 0 Å². The van der Waals surface area contributed by atoms with Gasteiger partial charge >= 0.3 is 0 Å². The van der Waals surface area contributed by atoms with Crippen molar-refractivity contribution < 1.29 is 4.79 Å². The summed E-state index contributed by atoms with van der Waals surface area (Å²) in [4.78, 5) is 14.6. The Morgan fingerprint density at radius 3 is 1.26 bits per heavy atom. The zero-order valence-corrected chi connectivity index (χ0v) is 18.3. The molecular weight excluding hydrogens is 332 g/mol. The third kappa shape index (κ3) is 17.2. The van der Waals surface area contributed by atoms with E-state index in [1.165, 1.54) is 11.1 Å². The molecule has 27 heavy (non-hydrogen) atoms. The van der Waals surface area contributed by atoms with Crippen LogP contribution in [0.2, 0.25) is 0 Å². The molecule has 0 saturated carbocycles. The van der Waals surface area contributed by atoms with Crippen molar-refractivity contribution in [2.45, 2.75) is 40.3 Å². The largest absolute Gasteiger partial charge is 0.305 e. The zero-order chi connectivity index (χ0) is 20.7. The summed E-state index contributed by atoms with van der Waals surface area (Å²) in [6.45, 7) is 7.77. The second-order valence-electron chi connectivity index (χ2n) is 7.75. The molecule has 2 rings (SSSR count). The minimum atomic E-state index is 0.287. The van der Waals surface area contributed by atoms with E-state index in [4.69, 9.17) is 0 Å². The average molecular weight is 371 g/mol. The topological polar surface area (TPSA) is 23.6 Å². The molecule has 0 aliphatic rings. The molecule has 2 aromatic rings. The molecule has 0 saturated heterocycles. The number of hydrogen-bond acceptors (Lipinski definition) is 3. The standard InChI is InChI=1S/2C9H13N.C6H12O/c2*1-10(2)8-9-6-4-3-5-7-9;1-5(2)4-6(3)7/h2*3-7H,8H2,1-2H3;5H,4H2,1-3H3. The molecule has 0 bridgehead atoms. The van der Waals surface area contributed by atoms with Crippen LogP contribution >= 0.6 is 0 Å². The first-order chi connectivity index (χ1) is 12.7. The molecule has 2 aromatic carbocycles. The fourth-order valence-corrected chi connectivity index (χ4v) is 2.47. The van der Waals surface area contributed by atoms with Crippen molar-refractivity contribution >= 4 is 5.78 Å². The Morgan fingerprint density at radius 2 is 1.07 bits per heavy atom. The third-order valence-corrected chi connectivity index (χ3v) is 3.38. The van der Waals surface area contributed by atoms with E-state index in [1.807, 2.05) is 26.0 Å². The number of benzene rings is 2. The smallest absolute Gasteiger partial charge is 0.130 e. The van der Waals surface area contributed by atoms with Gasteiger partial charge in [-0.3, -0.25) is 0 Å². The van der Waals surface area contributed by atoms with Gasteiger partial charge in [-0.15, -0.1) is 0 Å². The second kappa shape index (κ2) is 15.1. The van der Waals surface area contributed by atoms with Crippen molar-refractivity contribution in [1.29, 1.82) is 0 Å². The maximum Gasteiger partial charge on any atom is 0.130 e. The summed E-state index contributed by atoms with van der Waals surface area (Å²) in [6.07, 6.45) is 0.722. The summed E-state index contributed by atoms with van der Waals surface area (Å²) >= 11 is 0. The van der Waals surface area contributed by atoms with Gasteiger partial charge in [0.1, 0.15) is 5.78 Å². The molecule has 0 aliphatic carbocycles. The highest BCUT2D eigenvalue weighted by atomic mass is 16.1. The number of rotatable bonds is 6. The molecule has 0 heterocycles. The SMILES string of the molecule is CC(=O)CC(C)C.CN(C)Cc1ccccc1.CN(C)Cc1ccccc1. The van der Waals surface area contributed by atoms with Gasteiger partial charge in [0.15, 0.2) is 0 Å². The number of carbonyl (C=O) groups excluding carboxylic acids is 1. The minimum absolute atomic E-state index is 0.287. The van der Waals surface area contributed by atoms with Crippen LogP contribution in [0.5, 0.6) is 0 Å². The molecule has 3 nitrogen and oxygen atoms in total. The number of Topliss-reactive ketones (excluding diaryl/α,β-unsaturated/α-hetero) is 1. The Labute approximate surface area is 167 Å². The fraction of sp³-hybridized carbons (Fsp3) is 0.458. The molecule has 0 unspecified atom stereocenters. The molecule has 0 radical (unpaired) electrons. The summed E-state index contributed by atoms with van der Waals surface area (Å²) in [5, 5.41) is 0. The Bertz CT molecular complexity index is 547. The molecule has 0 N–H and O–H groups in total. The van der Waals surface area contributed by atoms with Crippen LogP contribution in [-0.4, -0.2) is 43.8 Å². The van der Waals surface area contributed by atoms with Crippen molar-refractivity contribution in [3.8, 4) is 0 Å². The second-order valence-corrected chi connectivity index (χ2v) is 7.75. The summed E-state index contributed by atoms with van der Waals surface area (Å²) in [7, 11) is 8.31. The Morgan fingerprint density at radius 1 is 0.741 bits per heavy atom. The number of nitrogens with zero attached hydrogens (tertiary/aromatic N) is 2. The van der Waals surface area contributed by atoms with Gasteiger partial charge in [-0.2, -0.15) is 0 Å². The first kappa shape index (κ1) is 25.0. The van der Waals surface area contributed by atoms with Gasteiger partial charge < -0.3 is 14.6 Å². The highest BCUT2D eigenvalue weighted by molar-refractivity contribution is 5.75. The Kier molecular flexibility index (Phi) is 14.0. The molecule has 0 aromatic heterocycles. The van der Waals surface area contributed by atoms with E-state index in [-0.39, 0.29) is 5.78 Å². The van der Waals surface area contributed by atoms with Crippen molar-refractivity contribution in [1.82, 2.24) is 9.80 Å². The van der Waals surface area contributed by atoms with E-state index in [0.717, 1.165) is 19.5 Å². The highest BCUT2D eigenvalue weighted by Gasteiger charge is 1.95. The van der Waals surface area contributed by atoms with E-state index in [1.54, 1.807) is 6.92 Å². The van der Waals surface area contributed by atoms with Crippen LogP contribution < -0.4 is 0 Å². The lowest BCUT2D eigenvalue weighted by molar-refractivity contribution is -0.117. The zero-order valence-electron chi connectivity index (χ0n) is 18.3. The van der Waals surface area contributed by atoms with Gasteiger partial charge in [0.25, 0.3) is 0 Å². The van der Waals surface area contributed by atoms with Crippen LogP contribution in [0.4, 0.5) is 0 Å². The predicted octanol–water partition coefficient (Wildman–Crippen LogP) is 5.12. The van der Waals surface area contributed by atoms with Gasteiger partial charge in [-0.05, 0) is 52.2 Å². The molecular formula is C24H38N2O. The monoisotopic (exact) mass is 370 g/mol. The van der Waals surface area contributed by atoms with Crippen LogP contribution in [-0.2, 0) is 17.9 Å². The van der Waals surface area contributed by atoms with Crippen LogP contribution in [0.1, 0.15) is 38.3 Å². The van der Waals surface area contributed by atoms with Crippen LogP contribution in [0, 0.1) is 5.92 Å². The third-order valence-electron chi connectivity index (χ3n) is 3.38. The molecule has 0 spiro atoms. The van der Waals surface area contributed by atoms with E-state index >= 15 is 0 Å². The summed E-state index contributed by atoms with van der Waals surface area (Å²) in [6, 6.07) is 20.9. The molecule has 0 atom stereocenters. The van der Waals surface area contributed by atoms with Crippen LogP contribution in [0.15, 0.2) is 60.7 Å². The predicted molar refractivity (Wildman–Crippen MR) is 118 cm³/mol. The first-order valence-electron chi connectivity index (χ1n) is 9.57. The van der Waals surface area contributed by atoms with Crippen LogP contribution in [0.25, 0.3) is 0 Å². The fourth-order valence-electron chi connectivity index (χ4n) is 2.47. The number of hydrogen-bond donors (Lipinski definition) is 0. The Balaban J connectivity index is 0.000000384. The summed E-state index contributed by atoms with van der Waals surface area (Å²) in [5.41, 5.74) is 2.74. The highest BCUT2D eigenvalue weighted by Crippen LogP contribution is 2.00. The maximum absolute atomic E-state index is 10.3. The van der Waals surface area contributed by atoms with E-state index in [0.29, 0.717) is 5.92 Å². The number of carbonyl (C=O) groups is 1. The Hall–Kier alpha value is -1.97. The van der Waals surface area contributed by atoms with Gasteiger partial charge in [0.2, 0.25) is 0 Å². The summed E-state index contributed by atoms with van der Waals surface area (Å²) < 4.78 is 0. The lowest BCUT2D eigenvalue weighted by atomic mass is 10.1. The van der Waals surface area contributed by atoms with E-state index < -0.39 is 0 Å². The number of ketones is 1. The average Bonchev–Trinajstić information content (AvgIpc) is 2.55. The van der Waals surface area contributed by atoms with Gasteiger partial charge in [0.05, 0.1) is 0 Å². The molecule has 0 fully saturated rings. The lowest BCUT2D eigenvalue weighted by Crippen LogP contribution is -2.10. The van der Waals surface area contributed by atoms with E-state index in [9.17, 15) is 4.79 Å².